The van der Waals surface area contributed by atoms with Crippen molar-refractivity contribution < 1.29 is 14.3 Å². The fourth-order valence-corrected chi connectivity index (χ4v) is 2.53. The van der Waals surface area contributed by atoms with Crippen molar-refractivity contribution in [3.8, 4) is 6.07 Å². The quantitative estimate of drug-likeness (QED) is 0.681. The average Bonchev–Trinajstić information content (AvgIpc) is 2.54. The van der Waals surface area contributed by atoms with Crippen molar-refractivity contribution in [1.29, 1.82) is 5.26 Å². The van der Waals surface area contributed by atoms with Crippen LogP contribution in [-0.4, -0.2) is 18.5 Å². The monoisotopic (exact) mass is 318 g/mol. The van der Waals surface area contributed by atoms with Crippen molar-refractivity contribution in [2.24, 2.45) is 5.73 Å². The normalized spacial score (nSPS) is 17.8. The van der Waals surface area contributed by atoms with Gasteiger partial charge in [0.2, 0.25) is 5.88 Å². The number of benzene rings is 1. The molecule has 0 unspecified atom stereocenters. The predicted octanol–water partition coefficient (Wildman–Crippen LogP) is 2.55. The minimum Gasteiger partial charge on any atom is -0.463 e. The summed E-state index contributed by atoms with van der Waals surface area (Å²) in [5.41, 5.74) is 6.94. The fourth-order valence-electron chi connectivity index (χ4n) is 2.33. The van der Waals surface area contributed by atoms with Gasteiger partial charge in [-0.25, -0.2) is 4.79 Å². The first-order valence-electron chi connectivity index (χ1n) is 6.72. The Labute approximate surface area is 133 Å². The molecule has 0 spiro atoms. The lowest BCUT2D eigenvalue weighted by molar-refractivity contribution is -0.139. The van der Waals surface area contributed by atoms with E-state index in [9.17, 15) is 10.1 Å². The number of carbonyl (C=O) groups is 1. The molecular formula is C16H15ClN2O3. The summed E-state index contributed by atoms with van der Waals surface area (Å²) in [5.74, 6) is -1.08. The molecule has 1 heterocycles. The van der Waals surface area contributed by atoms with E-state index in [1.165, 1.54) is 0 Å². The van der Waals surface area contributed by atoms with Crippen LogP contribution >= 0.6 is 11.6 Å². The number of halogens is 1. The van der Waals surface area contributed by atoms with Gasteiger partial charge in [0.25, 0.3) is 0 Å². The Kier molecular flexibility index (Phi) is 5.08. The molecule has 0 radical (unpaired) electrons. The van der Waals surface area contributed by atoms with Crippen molar-refractivity contribution in [3.05, 3.63) is 58.7 Å². The molecule has 0 amide bonds. The molecule has 0 fully saturated rings. The lowest BCUT2D eigenvalue weighted by Crippen LogP contribution is -2.26. The Morgan fingerprint density at radius 1 is 1.45 bits per heavy atom. The first-order valence-corrected chi connectivity index (χ1v) is 7.26. The zero-order valence-corrected chi connectivity index (χ0v) is 12.8. The summed E-state index contributed by atoms with van der Waals surface area (Å²) in [7, 11) is 0. The summed E-state index contributed by atoms with van der Waals surface area (Å²) in [6.45, 7) is 1.91. The molecule has 1 aromatic rings. The highest BCUT2D eigenvalue weighted by Gasteiger charge is 2.37. The van der Waals surface area contributed by atoms with Gasteiger partial charge in [-0.15, -0.1) is 11.6 Å². The molecule has 22 heavy (non-hydrogen) atoms. The Hall–Kier alpha value is -2.45. The maximum absolute atomic E-state index is 12.3. The second-order valence-electron chi connectivity index (χ2n) is 4.53. The molecule has 114 valence electrons. The summed E-state index contributed by atoms with van der Waals surface area (Å²) in [4.78, 5) is 12.3. The van der Waals surface area contributed by atoms with Crippen molar-refractivity contribution in [3.63, 3.8) is 0 Å². The van der Waals surface area contributed by atoms with Crippen molar-refractivity contribution in [2.75, 3.05) is 12.5 Å². The van der Waals surface area contributed by atoms with Gasteiger partial charge in [0, 0.05) is 0 Å². The van der Waals surface area contributed by atoms with Crippen LogP contribution in [0.1, 0.15) is 18.4 Å². The van der Waals surface area contributed by atoms with Gasteiger partial charge in [-0.2, -0.15) is 5.26 Å². The molecule has 0 saturated carbocycles. The van der Waals surface area contributed by atoms with E-state index < -0.39 is 11.9 Å². The largest absolute Gasteiger partial charge is 0.463 e. The van der Waals surface area contributed by atoms with Crippen LogP contribution in [0, 0.1) is 11.3 Å². The number of alkyl halides is 1. The van der Waals surface area contributed by atoms with E-state index in [-0.39, 0.29) is 35.3 Å². The van der Waals surface area contributed by atoms with Crippen LogP contribution in [0.15, 0.2) is 53.1 Å². The molecule has 0 bridgehead atoms. The number of hydrogen-bond donors (Lipinski definition) is 1. The molecule has 0 saturated heterocycles. The molecule has 0 aliphatic carbocycles. The highest BCUT2D eigenvalue weighted by atomic mass is 35.5. The van der Waals surface area contributed by atoms with Crippen LogP contribution in [0.2, 0.25) is 0 Å². The van der Waals surface area contributed by atoms with Gasteiger partial charge >= 0.3 is 5.97 Å². The van der Waals surface area contributed by atoms with Crippen molar-refractivity contribution >= 4 is 17.6 Å². The lowest BCUT2D eigenvalue weighted by Gasteiger charge is -2.27. The Bertz CT molecular complexity index is 674. The number of esters is 1. The Morgan fingerprint density at radius 2 is 2.14 bits per heavy atom. The van der Waals surface area contributed by atoms with E-state index in [1.807, 2.05) is 36.4 Å². The summed E-state index contributed by atoms with van der Waals surface area (Å²) < 4.78 is 10.4. The number of allylic oxidation sites excluding steroid dienone is 2. The van der Waals surface area contributed by atoms with E-state index in [4.69, 9.17) is 26.8 Å². The number of ether oxygens (including phenoxy) is 2. The maximum Gasteiger partial charge on any atom is 0.338 e. The molecule has 5 nitrogen and oxygen atoms in total. The highest BCUT2D eigenvalue weighted by molar-refractivity contribution is 6.19. The molecule has 6 heteroatoms. The molecule has 2 rings (SSSR count). The van der Waals surface area contributed by atoms with Crippen LogP contribution < -0.4 is 5.73 Å². The Balaban J connectivity index is 2.62. The van der Waals surface area contributed by atoms with Crippen molar-refractivity contribution in [1.82, 2.24) is 0 Å². The van der Waals surface area contributed by atoms with Gasteiger partial charge in [-0.3, -0.25) is 0 Å². The third-order valence-electron chi connectivity index (χ3n) is 3.25. The van der Waals surface area contributed by atoms with E-state index in [0.29, 0.717) is 0 Å². The van der Waals surface area contributed by atoms with Crippen LogP contribution in [-0.2, 0) is 14.3 Å². The highest BCUT2D eigenvalue weighted by Crippen LogP contribution is 2.39. The average molecular weight is 319 g/mol. The minimum absolute atomic E-state index is 0.0416. The number of nitrogens with zero attached hydrogens (tertiary/aromatic N) is 1. The van der Waals surface area contributed by atoms with Gasteiger partial charge < -0.3 is 15.2 Å². The fraction of sp³-hybridized carbons (Fsp3) is 0.250. The van der Waals surface area contributed by atoms with Gasteiger partial charge in [0.1, 0.15) is 17.4 Å². The van der Waals surface area contributed by atoms with Crippen LogP contribution in [0.3, 0.4) is 0 Å². The minimum atomic E-state index is -0.646. The molecule has 0 aromatic heterocycles. The molecular weight excluding hydrogens is 304 g/mol. The zero-order valence-electron chi connectivity index (χ0n) is 12.0. The predicted molar refractivity (Wildman–Crippen MR) is 81.5 cm³/mol. The molecule has 1 atom stereocenters. The molecule has 2 N–H and O–H groups in total. The number of nitrogens with two attached hydrogens (primary N) is 1. The maximum atomic E-state index is 12.3. The van der Waals surface area contributed by atoms with Crippen LogP contribution in [0.5, 0.6) is 0 Å². The molecule has 1 aliphatic heterocycles. The van der Waals surface area contributed by atoms with Gasteiger partial charge in [0.15, 0.2) is 0 Å². The first-order chi connectivity index (χ1) is 10.6. The summed E-state index contributed by atoms with van der Waals surface area (Å²) in [6, 6.07) is 11.1. The summed E-state index contributed by atoms with van der Waals surface area (Å²) in [6.07, 6.45) is 0. The third kappa shape index (κ3) is 2.92. The first kappa shape index (κ1) is 15.9. The number of hydrogen-bond acceptors (Lipinski definition) is 5. The summed E-state index contributed by atoms with van der Waals surface area (Å²) >= 11 is 5.88. The Morgan fingerprint density at radius 3 is 2.68 bits per heavy atom. The molecule has 1 aromatic carbocycles. The van der Waals surface area contributed by atoms with Crippen LogP contribution in [0.25, 0.3) is 0 Å². The topological polar surface area (TPSA) is 85.3 Å². The van der Waals surface area contributed by atoms with E-state index in [0.717, 1.165) is 5.56 Å². The van der Waals surface area contributed by atoms with E-state index in [1.54, 1.807) is 6.92 Å². The molecule has 1 aliphatic rings. The third-order valence-corrected chi connectivity index (χ3v) is 3.49. The standard InChI is InChI=1S/C16H15ClN2O3/c1-2-21-16(20)14-12(8-17)22-15(19)11(9-18)13(14)10-6-4-3-5-7-10/h3-7,13H,2,8,19H2,1H3/t13-/m1/s1. The SMILES string of the molecule is CCOC(=O)C1=C(CCl)OC(N)=C(C#N)[C@H]1c1ccccc1. The van der Waals surface area contributed by atoms with Crippen LogP contribution in [0.4, 0.5) is 0 Å². The van der Waals surface area contributed by atoms with Crippen molar-refractivity contribution in [2.45, 2.75) is 12.8 Å². The smallest absolute Gasteiger partial charge is 0.338 e. The number of rotatable bonds is 4. The zero-order chi connectivity index (χ0) is 16.1. The second kappa shape index (κ2) is 7.01. The number of nitriles is 1. The number of carbonyl (C=O) groups excluding carboxylic acids is 1. The van der Waals surface area contributed by atoms with Gasteiger partial charge in [-0.1, -0.05) is 30.3 Å². The lowest BCUT2D eigenvalue weighted by atomic mass is 9.83. The second-order valence-corrected chi connectivity index (χ2v) is 4.79. The summed E-state index contributed by atoms with van der Waals surface area (Å²) in [5, 5.41) is 9.41. The van der Waals surface area contributed by atoms with Gasteiger partial charge in [-0.05, 0) is 12.5 Å². The van der Waals surface area contributed by atoms with E-state index in [2.05, 4.69) is 0 Å². The van der Waals surface area contributed by atoms with E-state index >= 15 is 0 Å². The van der Waals surface area contributed by atoms with Gasteiger partial charge in [0.05, 0.1) is 24.0 Å².